The van der Waals surface area contributed by atoms with E-state index in [4.69, 9.17) is 0 Å². The largest absolute Gasteiger partial charge is 0.392 e. The fraction of sp³-hybridized carbons (Fsp3) is 0.923. The van der Waals surface area contributed by atoms with Crippen molar-refractivity contribution in [2.45, 2.75) is 63.4 Å². The van der Waals surface area contributed by atoms with Gasteiger partial charge < -0.3 is 15.7 Å². The molecule has 5 N–H and O–H groups in total. The lowest BCUT2D eigenvalue weighted by atomic mass is 9.87. The molecule has 6 heteroatoms. The highest BCUT2D eigenvalue weighted by molar-refractivity contribution is 5.82. The molecule has 4 unspecified atom stereocenters. The van der Waals surface area contributed by atoms with Gasteiger partial charge >= 0.3 is 0 Å². The van der Waals surface area contributed by atoms with Gasteiger partial charge in [-0.2, -0.15) is 0 Å². The van der Waals surface area contributed by atoms with Crippen LogP contribution in [-0.4, -0.2) is 48.3 Å². The van der Waals surface area contributed by atoms with Crippen molar-refractivity contribution >= 4 is 5.91 Å². The lowest BCUT2D eigenvalue weighted by Crippen LogP contribution is -2.53. The van der Waals surface area contributed by atoms with Crippen molar-refractivity contribution in [3.63, 3.8) is 0 Å². The Kier molecular flexibility index (Phi) is 4.78. The van der Waals surface area contributed by atoms with Gasteiger partial charge in [0, 0.05) is 31.1 Å². The molecule has 1 aliphatic heterocycles. The topological polar surface area (TPSA) is 85.4 Å². The Labute approximate surface area is 114 Å². The lowest BCUT2D eigenvalue weighted by molar-refractivity contribution is -0.123. The van der Waals surface area contributed by atoms with Crippen LogP contribution < -0.4 is 21.5 Å². The van der Waals surface area contributed by atoms with Crippen molar-refractivity contribution in [1.29, 1.82) is 0 Å². The third kappa shape index (κ3) is 3.08. The summed E-state index contributed by atoms with van der Waals surface area (Å²) in [4.78, 5) is 11.9. The SMILES string of the molecule is CNC(=O)C1NNC(C)C1C(C)N[C@@H]1CCC[C@H]1O. The van der Waals surface area contributed by atoms with Crippen LogP contribution in [0.25, 0.3) is 0 Å². The molecule has 2 rings (SSSR count). The van der Waals surface area contributed by atoms with Gasteiger partial charge in [-0.1, -0.05) is 0 Å². The van der Waals surface area contributed by atoms with Gasteiger partial charge in [-0.3, -0.25) is 10.2 Å². The van der Waals surface area contributed by atoms with E-state index in [1.807, 2.05) is 0 Å². The summed E-state index contributed by atoms with van der Waals surface area (Å²) in [6, 6.07) is 0.301. The summed E-state index contributed by atoms with van der Waals surface area (Å²) in [7, 11) is 1.66. The predicted molar refractivity (Wildman–Crippen MR) is 73.3 cm³/mol. The number of carbonyl (C=O) groups is 1. The smallest absolute Gasteiger partial charge is 0.238 e. The van der Waals surface area contributed by atoms with E-state index in [0.29, 0.717) is 0 Å². The summed E-state index contributed by atoms with van der Waals surface area (Å²) in [5.74, 6) is 0.162. The number of rotatable bonds is 4. The molecule has 2 fully saturated rings. The average Bonchev–Trinajstić information content (AvgIpc) is 2.95. The molecule has 6 nitrogen and oxygen atoms in total. The molecule has 0 aromatic carbocycles. The Balaban J connectivity index is 1.99. The molecular weight excluding hydrogens is 244 g/mol. The number of hydrazine groups is 1. The normalized spacial score (nSPS) is 40.3. The van der Waals surface area contributed by atoms with Crippen LogP contribution in [0.4, 0.5) is 0 Å². The van der Waals surface area contributed by atoms with Crippen LogP contribution in [-0.2, 0) is 4.79 Å². The van der Waals surface area contributed by atoms with Crippen LogP contribution in [0.1, 0.15) is 33.1 Å². The number of amides is 1. The minimum atomic E-state index is -0.251. The van der Waals surface area contributed by atoms with E-state index in [0.717, 1.165) is 19.3 Å². The van der Waals surface area contributed by atoms with Crippen LogP contribution in [0.2, 0.25) is 0 Å². The monoisotopic (exact) mass is 270 g/mol. The van der Waals surface area contributed by atoms with Crippen molar-refractivity contribution in [3.05, 3.63) is 0 Å². The van der Waals surface area contributed by atoms with E-state index < -0.39 is 0 Å². The maximum Gasteiger partial charge on any atom is 0.238 e. The first-order chi connectivity index (χ1) is 9.04. The van der Waals surface area contributed by atoms with Crippen LogP contribution in [0.15, 0.2) is 0 Å². The third-order valence-corrected chi connectivity index (χ3v) is 4.49. The van der Waals surface area contributed by atoms with Gasteiger partial charge in [0.15, 0.2) is 0 Å². The molecule has 0 aromatic rings. The van der Waals surface area contributed by atoms with Gasteiger partial charge in [0.1, 0.15) is 6.04 Å². The molecule has 110 valence electrons. The van der Waals surface area contributed by atoms with Crippen LogP contribution >= 0.6 is 0 Å². The maximum atomic E-state index is 11.9. The molecule has 1 amide bonds. The van der Waals surface area contributed by atoms with Gasteiger partial charge in [-0.25, -0.2) is 5.43 Å². The zero-order valence-electron chi connectivity index (χ0n) is 11.9. The number of aliphatic hydroxyl groups is 1. The van der Waals surface area contributed by atoms with Gasteiger partial charge in [-0.15, -0.1) is 0 Å². The van der Waals surface area contributed by atoms with Gasteiger partial charge in [-0.05, 0) is 33.1 Å². The second kappa shape index (κ2) is 6.17. The molecule has 2 aliphatic rings. The zero-order chi connectivity index (χ0) is 14.0. The van der Waals surface area contributed by atoms with Crippen molar-refractivity contribution in [1.82, 2.24) is 21.5 Å². The molecule has 1 saturated carbocycles. The summed E-state index contributed by atoms with van der Waals surface area (Å²) in [6.07, 6.45) is 2.71. The molecule has 0 spiro atoms. The summed E-state index contributed by atoms with van der Waals surface area (Å²) in [5, 5.41) is 16.1. The molecule has 19 heavy (non-hydrogen) atoms. The molecule has 1 saturated heterocycles. The summed E-state index contributed by atoms with van der Waals surface area (Å²) in [6.45, 7) is 4.17. The average molecular weight is 270 g/mol. The van der Waals surface area contributed by atoms with Gasteiger partial charge in [0.25, 0.3) is 0 Å². The first-order valence-corrected chi connectivity index (χ1v) is 7.21. The molecule has 1 heterocycles. The Bertz CT molecular complexity index is 326. The minimum absolute atomic E-state index is 0.00229. The summed E-state index contributed by atoms with van der Waals surface area (Å²) in [5.41, 5.74) is 6.20. The van der Waals surface area contributed by atoms with E-state index >= 15 is 0 Å². The lowest BCUT2D eigenvalue weighted by Gasteiger charge is -2.30. The highest BCUT2D eigenvalue weighted by Gasteiger charge is 2.41. The van der Waals surface area contributed by atoms with Crippen LogP contribution in [0.3, 0.4) is 0 Å². The summed E-state index contributed by atoms with van der Waals surface area (Å²) < 4.78 is 0. The Morgan fingerprint density at radius 2 is 2.11 bits per heavy atom. The number of carbonyl (C=O) groups excluding carboxylic acids is 1. The van der Waals surface area contributed by atoms with E-state index in [1.165, 1.54) is 0 Å². The van der Waals surface area contributed by atoms with Gasteiger partial charge in [0.05, 0.1) is 6.10 Å². The molecule has 0 radical (unpaired) electrons. The minimum Gasteiger partial charge on any atom is -0.392 e. The van der Waals surface area contributed by atoms with Gasteiger partial charge in [0.2, 0.25) is 5.91 Å². The zero-order valence-corrected chi connectivity index (χ0v) is 11.9. The Hall–Kier alpha value is -0.690. The van der Waals surface area contributed by atoms with Crippen molar-refractivity contribution in [2.24, 2.45) is 5.92 Å². The Morgan fingerprint density at radius 3 is 2.68 bits per heavy atom. The first kappa shape index (κ1) is 14.7. The molecule has 6 atom stereocenters. The van der Waals surface area contributed by atoms with Crippen molar-refractivity contribution < 1.29 is 9.90 Å². The Morgan fingerprint density at radius 1 is 1.37 bits per heavy atom. The number of likely N-dealkylation sites (N-methyl/N-ethyl adjacent to an activating group) is 1. The van der Waals surface area contributed by atoms with Crippen LogP contribution in [0, 0.1) is 5.92 Å². The molecule has 1 aliphatic carbocycles. The first-order valence-electron chi connectivity index (χ1n) is 7.21. The molecule has 0 aromatic heterocycles. The molecular formula is C13H26N4O2. The van der Waals surface area contributed by atoms with E-state index in [9.17, 15) is 9.90 Å². The predicted octanol–water partition coefficient (Wildman–Crippen LogP) is -0.895. The van der Waals surface area contributed by atoms with E-state index in [-0.39, 0.29) is 42.1 Å². The summed E-state index contributed by atoms with van der Waals surface area (Å²) >= 11 is 0. The highest BCUT2D eigenvalue weighted by Crippen LogP contribution is 2.24. The number of aliphatic hydroxyl groups excluding tert-OH is 1. The van der Waals surface area contributed by atoms with Crippen molar-refractivity contribution in [2.75, 3.05) is 7.05 Å². The fourth-order valence-electron chi connectivity index (χ4n) is 3.40. The number of hydrogen-bond donors (Lipinski definition) is 5. The second-order valence-corrected chi connectivity index (χ2v) is 5.81. The standard InChI is InChI=1S/C13H26N4O2/c1-7(15-9-5-4-6-10(9)18)11-8(2)16-17-12(11)13(19)14-3/h7-12,15-18H,4-6H2,1-3H3,(H,14,19)/t7?,8?,9-,10-,11?,12?/m1/s1. The molecule has 0 bridgehead atoms. The quantitative estimate of drug-likeness (QED) is 0.457. The third-order valence-electron chi connectivity index (χ3n) is 4.49. The second-order valence-electron chi connectivity index (χ2n) is 5.81. The van der Waals surface area contributed by atoms with E-state index in [1.54, 1.807) is 7.05 Å². The number of nitrogens with one attached hydrogen (secondary N) is 4. The number of hydrogen-bond acceptors (Lipinski definition) is 5. The van der Waals surface area contributed by atoms with E-state index in [2.05, 4.69) is 35.3 Å². The fourth-order valence-corrected chi connectivity index (χ4v) is 3.40. The van der Waals surface area contributed by atoms with Crippen LogP contribution in [0.5, 0.6) is 0 Å². The highest BCUT2D eigenvalue weighted by atomic mass is 16.3. The maximum absolute atomic E-state index is 11.9. The van der Waals surface area contributed by atoms with Crippen molar-refractivity contribution in [3.8, 4) is 0 Å².